The van der Waals surface area contributed by atoms with E-state index in [2.05, 4.69) is 10.3 Å². The summed E-state index contributed by atoms with van der Waals surface area (Å²) in [6.07, 6.45) is 3.19. The largest absolute Gasteiger partial charge is 0.445 e. The Bertz CT molecular complexity index is 988. The molecular weight excluding hydrogens is 378 g/mol. The van der Waals surface area contributed by atoms with Gasteiger partial charge in [-0.1, -0.05) is 55.5 Å². The van der Waals surface area contributed by atoms with Gasteiger partial charge < -0.3 is 15.8 Å². The molecule has 1 atom stereocenters. The molecule has 1 unspecified atom stereocenters. The van der Waals surface area contributed by atoms with Crippen LogP contribution in [0.15, 0.2) is 73.1 Å². The molecule has 0 aliphatic carbocycles. The zero-order chi connectivity index (χ0) is 21.3. The van der Waals surface area contributed by atoms with Gasteiger partial charge in [0.15, 0.2) is 5.78 Å². The van der Waals surface area contributed by atoms with Crippen LogP contribution in [0.5, 0.6) is 0 Å². The summed E-state index contributed by atoms with van der Waals surface area (Å²) in [6, 6.07) is 18.5. The molecule has 0 spiro atoms. The van der Waals surface area contributed by atoms with E-state index in [0.717, 1.165) is 16.7 Å². The maximum Gasteiger partial charge on any atom is 0.407 e. The van der Waals surface area contributed by atoms with Crippen molar-refractivity contribution >= 4 is 17.6 Å². The first-order valence-electron chi connectivity index (χ1n) is 9.79. The summed E-state index contributed by atoms with van der Waals surface area (Å²) >= 11 is 0. The molecule has 1 heterocycles. The number of benzene rings is 2. The Labute approximate surface area is 176 Å². The number of ether oxygens (including phenoxy) is 1. The number of pyridine rings is 1. The molecule has 0 bridgehead atoms. The van der Waals surface area contributed by atoms with Crippen LogP contribution >= 0.6 is 0 Å². The summed E-state index contributed by atoms with van der Waals surface area (Å²) in [6.45, 7) is 2.48. The number of Topliss-reactive ketones (excluding diaryl/α,β-unsaturated/α-hetero) is 1. The van der Waals surface area contributed by atoms with Crippen molar-refractivity contribution < 1.29 is 14.3 Å². The Morgan fingerprint density at radius 3 is 2.50 bits per heavy atom. The number of carbonyl (C=O) groups excluding carboxylic acids is 2. The first kappa shape index (κ1) is 21.0. The minimum Gasteiger partial charge on any atom is -0.445 e. The van der Waals surface area contributed by atoms with Gasteiger partial charge in [0.05, 0.1) is 0 Å². The summed E-state index contributed by atoms with van der Waals surface area (Å²) < 4.78 is 5.15. The SMILES string of the molecule is CC(CC(=O)c1ccc(CNC(=O)OCc2cccnc2)cc1)c1ccccc1N. The fourth-order valence-corrected chi connectivity index (χ4v) is 3.13. The molecule has 2 aromatic carbocycles. The van der Waals surface area contributed by atoms with Crippen molar-refractivity contribution in [3.05, 3.63) is 95.3 Å². The molecule has 3 rings (SSSR count). The van der Waals surface area contributed by atoms with Crippen LogP contribution < -0.4 is 11.1 Å². The molecule has 6 nitrogen and oxygen atoms in total. The van der Waals surface area contributed by atoms with Crippen LogP contribution in [0.4, 0.5) is 10.5 Å². The number of rotatable bonds is 8. The number of alkyl carbamates (subject to hydrolysis) is 1. The lowest BCUT2D eigenvalue weighted by atomic mass is 9.92. The third kappa shape index (κ3) is 5.91. The molecular formula is C24H25N3O3. The van der Waals surface area contributed by atoms with Crippen molar-refractivity contribution in [1.29, 1.82) is 0 Å². The van der Waals surface area contributed by atoms with Gasteiger partial charge in [0.1, 0.15) is 6.61 Å². The molecule has 154 valence electrons. The topological polar surface area (TPSA) is 94.3 Å². The van der Waals surface area contributed by atoms with E-state index in [-0.39, 0.29) is 18.3 Å². The Balaban J connectivity index is 1.47. The molecule has 1 amide bonds. The predicted molar refractivity (Wildman–Crippen MR) is 116 cm³/mol. The molecule has 0 aliphatic rings. The maximum absolute atomic E-state index is 12.6. The molecule has 0 saturated carbocycles. The average molecular weight is 403 g/mol. The first-order chi connectivity index (χ1) is 14.5. The van der Waals surface area contributed by atoms with Crippen LogP contribution in [0.1, 0.15) is 46.3 Å². The third-order valence-electron chi connectivity index (χ3n) is 4.82. The van der Waals surface area contributed by atoms with E-state index in [1.165, 1.54) is 0 Å². The van der Waals surface area contributed by atoms with Crippen molar-refractivity contribution in [2.75, 3.05) is 5.73 Å². The Morgan fingerprint density at radius 2 is 1.80 bits per heavy atom. The Kier molecular flexibility index (Phi) is 7.16. The van der Waals surface area contributed by atoms with E-state index in [9.17, 15) is 9.59 Å². The molecule has 0 saturated heterocycles. The van der Waals surface area contributed by atoms with Gasteiger partial charge >= 0.3 is 6.09 Å². The lowest BCUT2D eigenvalue weighted by Gasteiger charge is -2.13. The van der Waals surface area contributed by atoms with Crippen molar-refractivity contribution in [3.63, 3.8) is 0 Å². The van der Waals surface area contributed by atoms with Crippen LogP contribution in [0.25, 0.3) is 0 Å². The fourth-order valence-electron chi connectivity index (χ4n) is 3.13. The summed E-state index contributed by atoms with van der Waals surface area (Å²) in [4.78, 5) is 28.4. The van der Waals surface area contributed by atoms with E-state index in [1.54, 1.807) is 30.6 Å². The number of anilines is 1. The minimum atomic E-state index is -0.506. The van der Waals surface area contributed by atoms with Gasteiger partial charge in [0, 0.05) is 42.2 Å². The highest BCUT2D eigenvalue weighted by Gasteiger charge is 2.15. The molecule has 30 heavy (non-hydrogen) atoms. The second kappa shape index (κ2) is 10.2. The van der Waals surface area contributed by atoms with Gasteiger partial charge in [0.25, 0.3) is 0 Å². The normalized spacial score (nSPS) is 11.5. The van der Waals surface area contributed by atoms with E-state index in [1.807, 2.05) is 49.4 Å². The highest BCUT2D eigenvalue weighted by molar-refractivity contribution is 5.96. The number of amides is 1. The molecule has 1 aromatic heterocycles. The number of para-hydroxylation sites is 1. The van der Waals surface area contributed by atoms with Crippen LogP contribution in [0.3, 0.4) is 0 Å². The van der Waals surface area contributed by atoms with E-state index < -0.39 is 6.09 Å². The minimum absolute atomic E-state index is 0.0367. The molecule has 3 aromatic rings. The number of nitrogens with one attached hydrogen (secondary N) is 1. The highest BCUT2D eigenvalue weighted by atomic mass is 16.5. The standard InChI is InChI=1S/C24H25N3O3/c1-17(21-6-2-3-7-22(21)25)13-23(28)20-10-8-18(9-11-20)15-27-24(29)30-16-19-5-4-12-26-14-19/h2-12,14,17H,13,15-16,25H2,1H3,(H,27,29). The zero-order valence-corrected chi connectivity index (χ0v) is 16.9. The Morgan fingerprint density at radius 1 is 1.03 bits per heavy atom. The quantitative estimate of drug-likeness (QED) is 0.428. The summed E-state index contributed by atoms with van der Waals surface area (Å²) in [5.41, 5.74) is 10.0. The first-order valence-corrected chi connectivity index (χ1v) is 9.79. The number of hydrogen-bond donors (Lipinski definition) is 2. The number of carbonyl (C=O) groups is 2. The van der Waals surface area contributed by atoms with Gasteiger partial charge in [-0.3, -0.25) is 9.78 Å². The molecule has 6 heteroatoms. The van der Waals surface area contributed by atoms with Gasteiger partial charge in [-0.2, -0.15) is 0 Å². The lowest BCUT2D eigenvalue weighted by Crippen LogP contribution is -2.23. The molecule has 0 radical (unpaired) electrons. The second-order valence-electron chi connectivity index (χ2n) is 7.15. The van der Waals surface area contributed by atoms with Gasteiger partial charge in [-0.25, -0.2) is 4.79 Å². The number of nitrogen functional groups attached to an aromatic ring is 1. The molecule has 0 fully saturated rings. The lowest BCUT2D eigenvalue weighted by molar-refractivity contribution is 0.0975. The van der Waals surface area contributed by atoms with Crippen LogP contribution in [-0.4, -0.2) is 16.9 Å². The van der Waals surface area contributed by atoms with Crippen molar-refractivity contribution in [2.45, 2.75) is 32.4 Å². The van der Waals surface area contributed by atoms with E-state index >= 15 is 0 Å². The maximum atomic E-state index is 12.6. The van der Waals surface area contributed by atoms with Gasteiger partial charge in [0.2, 0.25) is 0 Å². The van der Waals surface area contributed by atoms with E-state index in [4.69, 9.17) is 10.5 Å². The van der Waals surface area contributed by atoms with Crippen LogP contribution in [-0.2, 0) is 17.9 Å². The second-order valence-corrected chi connectivity index (χ2v) is 7.15. The zero-order valence-electron chi connectivity index (χ0n) is 16.9. The molecule has 3 N–H and O–H groups in total. The van der Waals surface area contributed by atoms with Gasteiger partial charge in [-0.05, 0) is 29.2 Å². The van der Waals surface area contributed by atoms with E-state index in [0.29, 0.717) is 24.2 Å². The monoisotopic (exact) mass is 403 g/mol. The summed E-state index contributed by atoms with van der Waals surface area (Å²) in [7, 11) is 0. The van der Waals surface area contributed by atoms with Gasteiger partial charge in [-0.15, -0.1) is 0 Å². The highest BCUT2D eigenvalue weighted by Crippen LogP contribution is 2.26. The fraction of sp³-hybridized carbons (Fsp3) is 0.208. The van der Waals surface area contributed by atoms with Crippen molar-refractivity contribution in [1.82, 2.24) is 10.3 Å². The van der Waals surface area contributed by atoms with Crippen molar-refractivity contribution in [2.24, 2.45) is 0 Å². The van der Waals surface area contributed by atoms with Crippen molar-refractivity contribution in [3.8, 4) is 0 Å². The number of ketones is 1. The number of nitrogens with two attached hydrogens (primary N) is 1. The number of nitrogens with zero attached hydrogens (tertiary/aromatic N) is 1. The number of aromatic nitrogens is 1. The predicted octanol–water partition coefficient (Wildman–Crippen LogP) is 4.47. The summed E-state index contributed by atoms with van der Waals surface area (Å²) in [5.74, 6) is 0.0933. The summed E-state index contributed by atoms with van der Waals surface area (Å²) in [5, 5.41) is 2.70. The number of hydrogen-bond acceptors (Lipinski definition) is 5. The molecule has 0 aliphatic heterocycles. The third-order valence-corrected chi connectivity index (χ3v) is 4.82. The average Bonchev–Trinajstić information content (AvgIpc) is 2.77. The van der Waals surface area contributed by atoms with Crippen LogP contribution in [0.2, 0.25) is 0 Å². The smallest absolute Gasteiger partial charge is 0.407 e. The Hall–Kier alpha value is -3.67. The van der Waals surface area contributed by atoms with Crippen LogP contribution in [0, 0.1) is 0 Å².